The number of nitrogens with one attached hydrogen (secondary N) is 2. The topological polar surface area (TPSA) is 66.9 Å². The lowest BCUT2D eigenvalue weighted by molar-refractivity contribution is 0.102. The Hall–Kier alpha value is -2.02. The van der Waals surface area contributed by atoms with E-state index in [0.29, 0.717) is 16.0 Å². The van der Waals surface area contributed by atoms with E-state index in [1.807, 2.05) is 0 Å². The normalized spacial score (nSPS) is 10.1. The summed E-state index contributed by atoms with van der Waals surface area (Å²) < 4.78 is 13.7. The molecule has 2 rings (SSSR count). The third-order valence-corrected chi connectivity index (χ3v) is 3.01. The third-order valence-electron chi connectivity index (χ3n) is 2.32. The van der Waals surface area contributed by atoms with Gasteiger partial charge in [0, 0.05) is 11.5 Å². The highest BCUT2D eigenvalue weighted by molar-refractivity contribution is 9.10. The molecule has 1 aromatic heterocycles. The second-order valence-corrected chi connectivity index (χ2v) is 4.47. The quantitative estimate of drug-likeness (QED) is 0.910. The van der Waals surface area contributed by atoms with E-state index >= 15 is 0 Å². The van der Waals surface area contributed by atoms with Gasteiger partial charge in [0.1, 0.15) is 17.3 Å². The summed E-state index contributed by atoms with van der Waals surface area (Å²) in [5.41, 5.74) is 0.486. The van der Waals surface area contributed by atoms with E-state index in [-0.39, 0.29) is 5.69 Å². The van der Waals surface area contributed by atoms with Gasteiger partial charge in [-0.05, 0) is 34.1 Å². The van der Waals surface area contributed by atoms with Crippen LogP contribution in [-0.4, -0.2) is 22.9 Å². The number of benzene rings is 1. The fraction of sp³-hybridized carbons (Fsp3) is 0.0833. The molecule has 0 atom stereocenters. The van der Waals surface area contributed by atoms with E-state index in [1.165, 1.54) is 30.6 Å². The van der Waals surface area contributed by atoms with Crippen molar-refractivity contribution in [2.45, 2.75) is 0 Å². The molecule has 2 N–H and O–H groups in total. The summed E-state index contributed by atoms with van der Waals surface area (Å²) in [5.74, 6) is -0.333. The number of carbonyl (C=O) groups is 1. The lowest BCUT2D eigenvalue weighted by Crippen LogP contribution is -2.14. The van der Waals surface area contributed by atoms with Gasteiger partial charge in [-0.1, -0.05) is 0 Å². The van der Waals surface area contributed by atoms with E-state index < -0.39 is 11.7 Å². The van der Waals surface area contributed by atoms with Crippen LogP contribution in [0.25, 0.3) is 0 Å². The van der Waals surface area contributed by atoms with Gasteiger partial charge in [-0.2, -0.15) is 0 Å². The Kier molecular flexibility index (Phi) is 4.06. The van der Waals surface area contributed by atoms with E-state index in [1.54, 1.807) is 7.05 Å². The standard InChI is InChI=1S/C12H10BrFN4O/c1-15-11-6-16-10(5-17-11)12(19)18-9-4-7(14)2-3-8(9)13/h2-6H,1H3,(H,15,17)(H,18,19). The molecule has 0 fully saturated rings. The first-order chi connectivity index (χ1) is 9.10. The fourth-order valence-corrected chi connectivity index (χ4v) is 1.70. The van der Waals surface area contributed by atoms with Gasteiger partial charge in [0.15, 0.2) is 0 Å². The summed E-state index contributed by atoms with van der Waals surface area (Å²) in [6.45, 7) is 0. The molecule has 0 aliphatic carbocycles. The maximum Gasteiger partial charge on any atom is 0.275 e. The maximum absolute atomic E-state index is 13.1. The molecule has 1 heterocycles. The summed E-state index contributed by atoms with van der Waals surface area (Å²) in [6, 6.07) is 4.03. The van der Waals surface area contributed by atoms with E-state index in [9.17, 15) is 9.18 Å². The zero-order valence-corrected chi connectivity index (χ0v) is 11.5. The Bertz CT molecular complexity index is 603. The number of rotatable bonds is 3. The highest BCUT2D eigenvalue weighted by Gasteiger charge is 2.10. The van der Waals surface area contributed by atoms with Gasteiger partial charge in [-0.3, -0.25) is 4.79 Å². The van der Waals surface area contributed by atoms with Crippen LogP contribution in [0.3, 0.4) is 0 Å². The average molecular weight is 325 g/mol. The summed E-state index contributed by atoms with van der Waals surface area (Å²) in [7, 11) is 1.70. The minimum Gasteiger partial charge on any atom is -0.372 e. The van der Waals surface area contributed by atoms with Crippen LogP contribution >= 0.6 is 15.9 Å². The van der Waals surface area contributed by atoms with Crippen LogP contribution in [0.4, 0.5) is 15.9 Å². The predicted molar refractivity (Wildman–Crippen MR) is 73.6 cm³/mol. The smallest absolute Gasteiger partial charge is 0.275 e. The molecule has 7 heteroatoms. The lowest BCUT2D eigenvalue weighted by atomic mass is 10.3. The molecule has 0 saturated heterocycles. The van der Waals surface area contributed by atoms with E-state index in [4.69, 9.17) is 0 Å². The van der Waals surface area contributed by atoms with E-state index in [0.717, 1.165) is 0 Å². The second-order valence-electron chi connectivity index (χ2n) is 3.62. The number of halogens is 2. The van der Waals surface area contributed by atoms with Crippen molar-refractivity contribution in [3.8, 4) is 0 Å². The summed E-state index contributed by atoms with van der Waals surface area (Å²) in [5, 5.41) is 5.35. The molecule has 0 saturated carbocycles. The van der Waals surface area contributed by atoms with Crippen molar-refractivity contribution in [3.05, 3.63) is 46.6 Å². The van der Waals surface area contributed by atoms with Crippen molar-refractivity contribution in [1.82, 2.24) is 9.97 Å². The van der Waals surface area contributed by atoms with Crippen LogP contribution in [-0.2, 0) is 0 Å². The molecule has 0 spiro atoms. The summed E-state index contributed by atoms with van der Waals surface area (Å²) in [6.07, 6.45) is 2.78. The molecule has 0 aliphatic heterocycles. The SMILES string of the molecule is CNc1cnc(C(=O)Nc2cc(F)ccc2Br)cn1. The Labute approximate surface area is 117 Å². The fourth-order valence-electron chi connectivity index (χ4n) is 1.35. The molecule has 19 heavy (non-hydrogen) atoms. The van der Waals surface area contributed by atoms with Crippen molar-refractivity contribution in [1.29, 1.82) is 0 Å². The summed E-state index contributed by atoms with van der Waals surface area (Å²) >= 11 is 3.23. The van der Waals surface area contributed by atoms with Crippen molar-refractivity contribution in [2.24, 2.45) is 0 Å². The van der Waals surface area contributed by atoms with Crippen molar-refractivity contribution >= 4 is 33.3 Å². The van der Waals surface area contributed by atoms with Crippen LogP contribution in [0.5, 0.6) is 0 Å². The van der Waals surface area contributed by atoms with Crippen LogP contribution in [0, 0.1) is 5.82 Å². The molecule has 1 aromatic carbocycles. The number of nitrogens with zero attached hydrogens (tertiary/aromatic N) is 2. The van der Waals surface area contributed by atoms with Gasteiger partial charge in [0.05, 0.1) is 18.1 Å². The zero-order valence-electron chi connectivity index (χ0n) is 9.95. The maximum atomic E-state index is 13.1. The number of amides is 1. The largest absolute Gasteiger partial charge is 0.372 e. The number of anilines is 2. The molecule has 98 valence electrons. The Morgan fingerprint density at radius 1 is 1.32 bits per heavy atom. The number of carbonyl (C=O) groups excluding carboxylic acids is 1. The van der Waals surface area contributed by atoms with Crippen LogP contribution in [0.15, 0.2) is 35.1 Å². The Morgan fingerprint density at radius 3 is 2.74 bits per heavy atom. The third kappa shape index (κ3) is 3.25. The molecule has 5 nitrogen and oxygen atoms in total. The van der Waals surface area contributed by atoms with Gasteiger partial charge in [0.25, 0.3) is 5.91 Å². The average Bonchev–Trinajstić information content (AvgIpc) is 2.43. The second kappa shape index (κ2) is 5.75. The first kappa shape index (κ1) is 13.4. The highest BCUT2D eigenvalue weighted by Crippen LogP contribution is 2.23. The highest BCUT2D eigenvalue weighted by atomic mass is 79.9. The van der Waals surface area contributed by atoms with Gasteiger partial charge in [-0.15, -0.1) is 0 Å². The Morgan fingerprint density at radius 2 is 2.11 bits per heavy atom. The van der Waals surface area contributed by atoms with Crippen LogP contribution in [0.1, 0.15) is 10.5 Å². The minimum absolute atomic E-state index is 0.148. The number of aromatic nitrogens is 2. The molecule has 2 aromatic rings. The number of hydrogen-bond donors (Lipinski definition) is 2. The lowest BCUT2D eigenvalue weighted by Gasteiger charge is -2.07. The van der Waals surface area contributed by atoms with Crippen molar-refractivity contribution in [3.63, 3.8) is 0 Å². The number of hydrogen-bond acceptors (Lipinski definition) is 4. The van der Waals surface area contributed by atoms with Gasteiger partial charge in [0.2, 0.25) is 0 Å². The molecule has 0 radical (unpaired) electrons. The van der Waals surface area contributed by atoms with Crippen LogP contribution < -0.4 is 10.6 Å². The molecule has 1 amide bonds. The molecule has 0 bridgehead atoms. The van der Waals surface area contributed by atoms with E-state index in [2.05, 4.69) is 36.5 Å². The molecule has 0 aliphatic rings. The van der Waals surface area contributed by atoms with Crippen LogP contribution in [0.2, 0.25) is 0 Å². The monoisotopic (exact) mass is 324 g/mol. The van der Waals surface area contributed by atoms with Crippen molar-refractivity contribution in [2.75, 3.05) is 17.7 Å². The molecular weight excluding hydrogens is 315 g/mol. The zero-order chi connectivity index (χ0) is 13.8. The Balaban J connectivity index is 2.18. The summed E-state index contributed by atoms with van der Waals surface area (Å²) in [4.78, 5) is 19.8. The van der Waals surface area contributed by atoms with Gasteiger partial charge >= 0.3 is 0 Å². The van der Waals surface area contributed by atoms with Crippen molar-refractivity contribution < 1.29 is 9.18 Å². The first-order valence-electron chi connectivity index (χ1n) is 5.36. The predicted octanol–water partition coefficient (Wildman–Crippen LogP) is 2.67. The molecular formula is C12H10BrFN4O. The minimum atomic E-state index is -0.457. The molecule has 0 unspecified atom stereocenters. The van der Waals surface area contributed by atoms with Gasteiger partial charge < -0.3 is 10.6 Å². The van der Waals surface area contributed by atoms with Gasteiger partial charge in [-0.25, -0.2) is 14.4 Å². The first-order valence-corrected chi connectivity index (χ1v) is 6.15.